The summed E-state index contributed by atoms with van der Waals surface area (Å²) in [5.74, 6) is -0.703. The topological polar surface area (TPSA) is 98.7 Å². The Kier molecular flexibility index (Phi) is 8.11. The van der Waals surface area contributed by atoms with Gasteiger partial charge in [0, 0.05) is 36.3 Å². The van der Waals surface area contributed by atoms with E-state index in [0.717, 1.165) is 5.56 Å². The Morgan fingerprint density at radius 1 is 0.857 bits per heavy atom. The van der Waals surface area contributed by atoms with E-state index in [-0.39, 0.29) is 23.3 Å². The first-order chi connectivity index (χ1) is 13.4. The molecule has 0 aromatic heterocycles. The maximum absolute atomic E-state index is 11.7. The third-order valence-electron chi connectivity index (χ3n) is 3.58. The number of carbonyl (C=O) groups excluding carboxylic acids is 2. The van der Waals surface area contributed by atoms with Crippen molar-refractivity contribution < 1.29 is 19.8 Å². The lowest BCUT2D eigenvalue weighted by molar-refractivity contribution is -0.116. The summed E-state index contributed by atoms with van der Waals surface area (Å²) in [5.41, 5.74) is 1.34. The zero-order chi connectivity index (χ0) is 20.4. The molecule has 2 rings (SSSR count). The molecular weight excluding hydrogens is 380 g/mol. The molecule has 0 saturated carbocycles. The first-order valence-corrected chi connectivity index (χ1v) is 9.00. The molecule has 0 aliphatic heterocycles. The lowest BCUT2D eigenvalue weighted by Crippen LogP contribution is -2.28. The van der Waals surface area contributed by atoms with Gasteiger partial charge in [-0.3, -0.25) is 9.59 Å². The van der Waals surface area contributed by atoms with Crippen LogP contribution in [0.3, 0.4) is 0 Å². The second kappa shape index (κ2) is 10.8. The van der Waals surface area contributed by atoms with Crippen LogP contribution in [0.4, 0.5) is 0 Å². The van der Waals surface area contributed by atoms with Gasteiger partial charge in [-0.2, -0.15) is 0 Å². The average Bonchev–Trinajstić information content (AvgIpc) is 2.64. The first kappa shape index (κ1) is 21.1. The zero-order valence-corrected chi connectivity index (χ0v) is 15.8. The summed E-state index contributed by atoms with van der Waals surface area (Å²) in [4.78, 5) is 23.5. The number of benzene rings is 2. The van der Waals surface area contributed by atoms with E-state index < -0.39 is 0 Å². The number of phenols is 2. The van der Waals surface area contributed by atoms with Crippen LogP contribution in [0.2, 0.25) is 5.02 Å². The van der Waals surface area contributed by atoms with Crippen molar-refractivity contribution in [2.24, 2.45) is 0 Å². The van der Waals surface area contributed by atoms with Crippen molar-refractivity contribution in [2.75, 3.05) is 13.1 Å². The van der Waals surface area contributed by atoms with Gasteiger partial charge in [-0.1, -0.05) is 23.7 Å². The summed E-state index contributed by atoms with van der Waals surface area (Å²) in [6.45, 7) is 0.815. The summed E-state index contributed by atoms with van der Waals surface area (Å²) in [6, 6.07) is 11.2. The van der Waals surface area contributed by atoms with Crippen LogP contribution >= 0.6 is 11.6 Å². The molecule has 0 spiro atoms. The summed E-state index contributed by atoms with van der Waals surface area (Å²) < 4.78 is 0. The second-order valence-corrected chi connectivity index (χ2v) is 6.38. The highest BCUT2D eigenvalue weighted by Crippen LogP contribution is 2.21. The molecule has 0 aliphatic rings. The standard InChI is InChI=1S/C21H21ClN2O4/c22-17-4-1-3-15(11-17)5-7-20(27)23-9-2-10-24-21(28)8-6-16-12-18(25)14-19(26)13-16/h1,3-8,11-14,25-26H,2,9-10H2,(H,23,27)(H,24,28)/b7-5+,8-6+. The molecule has 2 aromatic rings. The maximum atomic E-state index is 11.7. The van der Waals surface area contributed by atoms with Crippen molar-refractivity contribution in [1.29, 1.82) is 0 Å². The monoisotopic (exact) mass is 400 g/mol. The third-order valence-corrected chi connectivity index (χ3v) is 3.81. The number of hydrogen-bond donors (Lipinski definition) is 4. The van der Waals surface area contributed by atoms with Gasteiger partial charge in [-0.05, 0) is 54.0 Å². The predicted octanol–water partition coefficient (Wildman–Crippen LogP) is 3.10. The number of rotatable bonds is 8. The molecule has 6 nitrogen and oxygen atoms in total. The van der Waals surface area contributed by atoms with Gasteiger partial charge in [0.2, 0.25) is 11.8 Å². The number of phenolic OH excluding ortho intramolecular Hbond substituents is 2. The number of carbonyl (C=O) groups is 2. The van der Waals surface area contributed by atoms with Crippen LogP contribution in [0, 0.1) is 0 Å². The highest BCUT2D eigenvalue weighted by Gasteiger charge is 1.99. The van der Waals surface area contributed by atoms with Gasteiger partial charge in [0.15, 0.2) is 0 Å². The van der Waals surface area contributed by atoms with E-state index >= 15 is 0 Å². The Balaban J connectivity index is 1.64. The molecule has 0 heterocycles. The molecule has 0 saturated heterocycles. The van der Waals surface area contributed by atoms with Gasteiger partial charge in [-0.25, -0.2) is 0 Å². The maximum Gasteiger partial charge on any atom is 0.244 e. The van der Waals surface area contributed by atoms with E-state index in [1.54, 1.807) is 24.3 Å². The summed E-state index contributed by atoms with van der Waals surface area (Å²) in [5, 5.41) is 24.8. The molecule has 7 heteroatoms. The van der Waals surface area contributed by atoms with Crippen molar-refractivity contribution in [1.82, 2.24) is 10.6 Å². The largest absolute Gasteiger partial charge is 0.508 e. The Labute approximate surface area is 168 Å². The second-order valence-electron chi connectivity index (χ2n) is 5.94. The molecule has 0 bridgehead atoms. The molecule has 0 radical (unpaired) electrons. The molecule has 2 amide bonds. The van der Waals surface area contributed by atoms with Gasteiger partial charge in [0.1, 0.15) is 11.5 Å². The Bertz CT molecular complexity index is 873. The summed E-state index contributed by atoms with van der Waals surface area (Å²) in [7, 11) is 0. The van der Waals surface area contributed by atoms with Crippen molar-refractivity contribution in [2.45, 2.75) is 6.42 Å². The smallest absolute Gasteiger partial charge is 0.244 e. The zero-order valence-electron chi connectivity index (χ0n) is 15.1. The Hall–Kier alpha value is -3.25. The highest BCUT2D eigenvalue weighted by molar-refractivity contribution is 6.30. The van der Waals surface area contributed by atoms with Crippen molar-refractivity contribution in [3.63, 3.8) is 0 Å². The van der Waals surface area contributed by atoms with Gasteiger partial charge in [0.05, 0.1) is 0 Å². The van der Waals surface area contributed by atoms with Gasteiger partial charge in [-0.15, -0.1) is 0 Å². The fourth-order valence-corrected chi connectivity index (χ4v) is 2.50. The van der Waals surface area contributed by atoms with Gasteiger partial charge < -0.3 is 20.8 Å². The first-order valence-electron chi connectivity index (χ1n) is 8.63. The summed E-state index contributed by atoms with van der Waals surface area (Å²) in [6.07, 6.45) is 6.46. The highest BCUT2D eigenvalue weighted by atomic mass is 35.5. The van der Waals surface area contributed by atoms with Crippen LogP contribution in [0.5, 0.6) is 11.5 Å². The van der Waals surface area contributed by atoms with E-state index in [0.29, 0.717) is 30.1 Å². The van der Waals surface area contributed by atoms with E-state index in [4.69, 9.17) is 11.6 Å². The molecule has 4 N–H and O–H groups in total. The van der Waals surface area contributed by atoms with Crippen LogP contribution in [0.25, 0.3) is 12.2 Å². The Morgan fingerprint density at radius 3 is 2.00 bits per heavy atom. The SMILES string of the molecule is O=C(/C=C/c1cc(O)cc(O)c1)NCCCNC(=O)/C=C/c1cccc(Cl)c1. The molecule has 28 heavy (non-hydrogen) atoms. The van der Waals surface area contributed by atoms with Crippen molar-refractivity contribution >= 4 is 35.6 Å². The van der Waals surface area contributed by atoms with Crippen molar-refractivity contribution in [3.05, 3.63) is 70.8 Å². The number of hydrogen-bond acceptors (Lipinski definition) is 4. The predicted molar refractivity (Wildman–Crippen MR) is 110 cm³/mol. The molecule has 0 fully saturated rings. The Morgan fingerprint density at radius 2 is 1.43 bits per heavy atom. The molecule has 0 unspecified atom stereocenters. The lowest BCUT2D eigenvalue weighted by atomic mass is 10.2. The fourth-order valence-electron chi connectivity index (χ4n) is 2.30. The number of halogens is 1. The number of nitrogens with one attached hydrogen (secondary N) is 2. The number of aromatic hydroxyl groups is 2. The van der Waals surface area contributed by atoms with Crippen LogP contribution < -0.4 is 10.6 Å². The number of amides is 2. The van der Waals surface area contributed by atoms with Crippen LogP contribution in [-0.2, 0) is 9.59 Å². The van der Waals surface area contributed by atoms with Crippen LogP contribution in [0.1, 0.15) is 17.5 Å². The minimum Gasteiger partial charge on any atom is -0.508 e. The van der Waals surface area contributed by atoms with Gasteiger partial charge in [0.25, 0.3) is 0 Å². The molecule has 2 aromatic carbocycles. The van der Waals surface area contributed by atoms with Gasteiger partial charge >= 0.3 is 0 Å². The third kappa shape index (κ3) is 7.97. The fraction of sp³-hybridized carbons (Fsp3) is 0.143. The van der Waals surface area contributed by atoms with E-state index in [2.05, 4.69) is 10.6 Å². The normalized spacial score (nSPS) is 11.0. The quantitative estimate of drug-likeness (QED) is 0.404. The minimum atomic E-state index is -0.310. The molecular formula is C21H21ClN2O4. The van der Waals surface area contributed by atoms with E-state index in [1.807, 2.05) is 6.07 Å². The summed E-state index contributed by atoms with van der Waals surface area (Å²) >= 11 is 5.88. The molecule has 0 atom stereocenters. The van der Waals surface area contributed by atoms with Crippen LogP contribution in [0.15, 0.2) is 54.6 Å². The lowest BCUT2D eigenvalue weighted by Gasteiger charge is -2.04. The molecule has 146 valence electrons. The van der Waals surface area contributed by atoms with E-state index in [1.165, 1.54) is 36.4 Å². The van der Waals surface area contributed by atoms with Crippen LogP contribution in [-0.4, -0.2) is 35.1 Å². The minimum absolute atomic E-state index is 0.0831. The van der Waals surface area contributed by atoms with E-state index in [9.17, 15) is 19.8 Å². The molecule has 0 aliphatic carbocycles. The van der Waals surface area contributed by atoms with Crippen molar-refractivity contribution in [3.8, 4) is 11.5 Å². The average molecular weight is 401 g/mol.